The summed E-state index contributed by atoms with van der Waals surface area (Å²) < 4.78 is 56.3. The molecular formula is C43H64FN6O9P. The maximum Gasteiger partial charge on any atom is 0.472 e. The minimum absolute atomic E-state index is 0.0138. The second-order valence-corrected chi connectivity index (χ2v) is 17.1. The van der Waals surface area contributed by atoms with E-state index in [0.29, 0.717) is 17.7 Å². The Balaban J connectivity index is 1.17. The van der Waals surface area contributed by atoms with Gasteiger partial charge in [-0.1, -0.05) is 116 Å². The van der Waals surface area contributed by atoms with Gasteiger partial charge in [0.1, 0.15) is 48.1 Å². The van der Waals surface area contributed by atoms with E-state index in [9.17, 15) is 34.6 Å². The molecule has 1 aliphatic heterocycles. The van der Waals surface area contributed by atoms with Gasteiger partial charge in [0.15, 0.2) is 5.82 Å². The Morgan fingerprint density at radius 3 is 2.13 bits per heavy atom. The molecule has 1 unspecified atom stereocenters. The van der Waals surface area contributed by atoms with Crippen LogP contribution in [0.4, 0.5) is 10.2 Å². The van der Waals surface area contributed by atoms with E-state index in [4.69, 9.17) is 29.0 Å². The summed E-state index contributed by atoms with van der Waals surface area (Å²) in [6, 6.07) is 10.5. The standard InChI is InChI=1S/C43H64FN6O9P/c1-2-3-4-5-6-7-8-9-10-11-12-13-14-15-16-17-18-19-22-55-28-36(56-27-34-23-33(26-45)24-35(44)25-34)29-57-60(53,54)58-30-38-40(51)41(52)43(31-46,59-38)39-21-20-37-42(47)48-32-49-50(37)39/h20-21,23-25,32,36,38,40-41,51-52H,2-19,22,27-30H2,1H3,(H,53,54)(H2,47,48,49)/t36-,38-,40-,41-,43+/m1/s1. The van der Waals surface area contributed by atoms with Gasteiger partial charge in [0.05, 0.1) is 43.8 Å². The van der Waals surface area contributed by atoms with Crippen LogP contribution in [0.5, 0.6) is 0 Å². The zero-order valence-corrected chi connectivity index (χ0v) is 35.9. The third-order valence-electron chi connectivity index (χ3n) is 10.8. The predicted octanol–water partition coefficient (Wildman–Crippen LogP) is 7.94. The van der Waals surface area contributed by atoms with Crippen molar-refractivity contribution in [2.24, 2.45) is 0 Å². The number of phosphoric ester groups is 1. The first-order valence-corrected chi connectivity index (χ1v) is 23.1. The average Bonchev–Trinajstić information content (AvgIpc) is 3.79. The van der Waals surface area contributed by atoms with Crippen molar-refractivity contribution in [3.05, 3.63) is 59.3 Å². The van der Waals surface area contributed by atoms with Gasteiger partial charge in [-0.05, 0) is 42.3 Å². The molecule has 1 aromatic carbocycles. The molecule has 1 fully saturated rings. The Labute approximate surface area is 353 Å². The molecule has 6 atom stereocenters. The van der Waals surface area contributed by atoms with Crippen LogP contribution in [0.25, 0.3) is 5.52 Å². The molecule has 3 aromatic rings. The fraction of sp³-hybridized carbons (Fsp3) is 0.674. The predicted molar refractivity (Wildman–Crippen MR) is 223 cm³/mol. The highest BCUT2D eigenvalue weighted by molar-refractivity contribution is 7.47. The largest absolute Gasteiger partial charge is 0.472 e. The molecule has 3 heterocycles. The van der Waals surface area contributed by atoms with E-state index in [1.165, 1.54) is 125 Å². The Morgan fingerprint density at radius 1 is 0.917 bits per heavy atom. The lowest BCUT2D eigenvalue weighted by atomic mass is 9.92. The zero-order chi connectivity index (χ0) is 43.2. The number of nitriles is 2. The third-order valence-corrected chi connectivity index (χ3v) is 11.8. The van der Waals surface area contributed by atoms with Gasteiger partial charge in [0, 0.05) is 6.61 Å². The number of unbranched alkanes of at least 4 members (excludes halogenated alkanes) is 17. The normalized spacial score (nSPS) is 20.6. The van der Waals surface area contributed by atoms with Crippen molar-refractivity contribution in [2.45, 2.75) is 159 Å². The van der Waals surface area contributed by atoms with Crippen LogP contribution in [0.15, 0.2) is 36.7 Å². The van der Waals surface area contributed by atoms with Crippen LogP contribution in [0.2, 0.25) is 0 Å². The molecule has 1 aliphatic rings. The molecule has 60 heavy (non-hydrogen) atoms. The van der Waals surface area contributed by atoms with Crippen molar-refractivity contribution < 1.29 is 47.3 Å². The molecule has 4 rings (SSSR count). The van der Waals surface area contributed by atoms with Crippen LogP contribution in [-0.4, -0.2) is 80.5 Å². The molecular weight excluding hydrogens is 794 g/mol. The summed E-state index contributed by atoms with van der Waals surface area (Å²) in [5.74, 6) is -0.500. The van der Waals surface area contributed by atoms with Crippen LogP contribution in [0.1, 0.15) is 139 Å². The molecule has 0 bridgehead atoms. The molecule has 0 saturated carbocycles. The minimum Gasteiger partial charge on any atom is -0.387 e. The number of fused-ring (bicyclic) bond motifs is 1. The second kappa shape index (κ2) is 26.1. The van der Waals surface area contributed by atoms with Gasteiger partial charge < -0.3 is 35.1 Å². The SMILES string of the molecule is CCCCCCCCCCCCCCCCCCCCOC[C@H](COP(=O)(O)OC[C@H]1O[C@@](C#N)(c2ccc3c(N)ncnn23)[C@H](O)[C@@H]1O)OCc1cc(F)cc(C#N)c1. The smallest absolute Gasteiger partial charge is 0.387 e. The summed E-state index contributed by atoms with van der Waals surface area (Å²) in [4.78, 5) is 14.5. The van der Waals surface area contributed by atoms with Crippen molar-refractivity contribution in [1.29, 1.82) is 10.5 Å². The first-order chi connectivity index (χ1) is 29.0. The molecule has 0 amide bonds. The molecule has 15 nitrogen and oxygen atoms in total. The van der Waals surface area contributed by atoms with Gasteiger partial charge in [-0.15, -0.1) is 0 Å². The van der Waals surface area contributed by atoms with Gasteiger partial charge in [0.2, 0.25) is 5.60 Å². The van der Waals surface area contributed by atoms with E-state index < -0.39 is 56.9 Å². The second-order valence-electron chi connectivity index (χ2n) is 15.6. The fourth-order valence-electron chi connectivity index (χ4n) is 7.41. The van der Waals surface area contributed by atoms with Crippen molar-refractivity contribution >= 4 is 19.2 Å². The van der Waals surface area contributed by atoms with E-state index in [0.717, 1.165) is 31.7 Å². The number of anilines is 1. The zero-order valence-electron chi connectivity index (χ0n) is 35.0. The van der Waals surface area contributed by atoms with E-state index in [1.54, 1.807) is 0 Å². The van der Waals surface area contributed by atoms with E-state index in [1.807, 2.05) is 12.1 Å². The monoisotopic (exact) mass is 858 g/mol. The van der Waals surface area contributed by atoms with Gasteiger partial charge in [-0.3, -0.25) is 9.05 Å². The van der Waals surface area contributed by atoms with Crippen molar-refractivity contribution in [1.82, 2.24) is 14.6 Å². The molecule has 332 valence electrons. The van der Waals surface area contributed by atoms with Crippen LogP contribution >= 0.6 is 7.82 Å². The van der Waals surface area contributed by atoms with E-state index in [2.05, 4.69) is 17.0 Å². The number of rotatable bonds is 31. The summed E-state index contributed by atoms with van der Waals surface area (Å²) >= 11 is 0. The van der Waals surface area contributed by atoms with Crippen LogP contribution in [-0.2, 0) is 40.0 Å². The van der Waals surface area contributed by atoms with Gasteiger partial charge in [-0.2, -0.15) is 15.6 Å². The van der Waals surface area contributed by atoms with E-state index >= 15 is 0 Å². The van der Waals surface area contributed by atoms with Crippen molar-refractivity contribution in [2.75, 3.05) is 32.2 Å². The lowest BCUT2D eigenvalue weighted by Crippen LogP contribution is -2.41. The summed E-state index contributed by atoms with van der Waals surface area (Å²) in [7, 11) is -4.83. The molecule has 0 spiro atoms. The Hall–Kier alpha value is -3.54. The highest BCUT2D eigenvalue weighted by Crippen LogP contribution is 2.46. The maximum absolute atomic E-state index is 14.1. The number of nitrogens with zero attached hydrogens (tertiary/aromatic N) is 5. The molecule has 2 aromatic heterocycles. The van der Waals surface area contributed by atoms with Crippen LogP contribution in [0, 0.1) is 28.5 Å². The van der Waals surface area contributed by atoms with E-state index in [-0.39, 0.29) is 30.3 Å². The summed E-state index contributed by atoms with van der Waals surface area (Å²) in [6.45, 7) is 1.33. The Morgan fingerprint density at radius 2 is 1.53 bits per heavy atom. The first kappa shape index (κ1) is 49.1. The summed E-state index contributed by atoms with van der Waals surface area (Å²) in [5, 5.41) is 45.2. The number of nitrogens with two attached hydrogens (primary N) is 1. The Bertz CT molecular complexity index is 1860. The van der Waals surface area contributed by atoms with Crippen molar-refractivity contribution in [3.63, 3.8) is 0 Å². The highest BCUT2D eigenvalue weighted by atomic mass is 31.2. The number of benzene rings is 1. The number of phosphoric acid groups is 1. The number of ether oxygens (including phenoxy) is 3. The summed E-state index contributed by atoms with van der Waals surface area (Å²) in [5.41, 5.74) is 4.65. The Kier molecular flexibility index (Phi) is 21.3. The number of hydrogen-bond acceptors (Lipinski definition) is 13. The fourth-order valence-corrected chi connectivity index (χ4v) is 8.17. The van der Waals surface area contributed by atoms with Crippen LogP contribution < -0.4 is 5.73 Å². The maximum atomic E-state index is 14.1. The number of aliphatic hydroxyl groups excluding tert-OH is 2. The van der Waals surface area contributed by atoms with Crippen molar-refractivity contribution in [3.8, 4) is 12.1 Å². The molecule has 5 N–H and O–H groups in total. The number of nitrogen functional groups attached to an aromatic ring is 1. The first-order valence-electron chi connectivity index (χ1n) is 21.6. The van der Waals surface area contributed by atoms with Gasteiger partial charge >= 0.3 is 7.82 Å². The molecule has 1 saturated heterocycles. The molecule has 0 aliphatic carbocycles. The summed E-state index contributed by atoms with van der Waals surface area (Å²) in [6.07, 6.45) is 18.2. The molecule has 17 heteroatoms. The number of hydrogen-bond donors (Lipinski definition) is 4. The lowest BCUT2D eigenvalue weighted by Gasteiger charge is -2.24. The number of halogens is 1. The molecule has 0 radical (unpaired) electrons. The number of aromatic nitrogens is 3. The van der Waals surface area contributed by atoms with Gasteiger partial charge in [0.25, 0.3) is 0 Å². The average molecular weight is 859 g/mol. The van der Waals surface area contributed by atoms with Gasteiger partial charge in [-0.25, -0.2) is 18.5 Å². The lowest BCUT2D eigenvalue weighted by molar-refractivity contribution is -0.0690. The minimum atomic E-state index is -4.83. The third kappa shape index (κ3) is 15.4. The number of aliphatic hydroxyl groups is 2. The quantitative estimate of drug-likeness (QED) is 0.0356. The topological polar surface area (TPSA) is 228 Å². The highest BCUT2D eigenvalue weighted by Gasteiger charge is 2.58. The van der Waals surface area contributed by atoms with Crippen LogP contribution in [0.3, 0.4) is 0 Å².